The fraction of sp³-hybridized carbons (Fsp3) is 0.500. The van der Waals surface area contributed by atoms with Gasteiger partial charge in [-0.2, -0.15) is 13.2 Å². The van der Waals surface area contributed by atoms with Crippen LogP contribution in [0, 0.1) is 0 Å². The van der Waals surface area contributed by atoms with E-state index in [4.69, 9.17) is 10.5 Å². The number of ether oxygens (including phenoxy) is 1. The number of nitrogens with two attached hydrogens (primary N) is 1. The van der Waals surface area contributed by atoms with Gasteiger partial charge in [-0.05, 0) is 31.0 Å². The number of nitrogen functional groups attached to an aromatic ring is 1. The van der Waals surface area contributed by atoms with Crippen molar-refractivity contribution >= 4 is 5.69 Å². The molecule has 0 radical (unpaired) electrons. The summed E-state index contributed by atoms with van der Waals surface area (Å²) in [5.74, 6) is 0. The molecule has 1 aromatic carbocycles. The molecule has 0 aromatic heterocycles. The molecule has 0 aliphatic carbocycles. The highest BCUT2D eigenvalue weighted by atomic mass is 19.4. The molecule has 2 N–H and O–H groups in total. The molecule has 96 valence electrons. The minimum Gasteiger partial charge on any atom is -0.399 e. The number of rotatable bonds is 4. The van der Waals surface area contributed by atoms with Gasteiger partial charge in [0, 0.05) is 5.69 Å². The number of halogens is 3. The van der Waals surface area contributed by atoms with Gasteiger partial charge in [-0.15, -0.1) is 0 Å². The SMILES string of the molecule is CCC(C)OCc1ccc(N)cc1C(F)(F)F. The minimum atomic E-state index is -4.40. The monoisotopic (exact) mass is 247 g/mol. The molecule has 0 aliphatic rings. The molecular weight excluding hydrogens is 231 g/mol. The molecule has 1 unspecified atom stereocenters. The van der Waals surface area contributed by atoms with Crippen LogP contribution in [0.2, 0.25) is 0 Å². The number of anilines is 1. The largest absolute Gasteiger partial charge is 0.416 e. The predicted octanol–water partition coefficient (Wildman–Crippen LogP) is 3.60. The summed E-state index contributed by atoms with van der Waals surface area (Å²) in [6, 6.07) is 3.75. The number of alkyl halides is 3. The molecule has 0 saturated heterocycles. The van der Waals surface area contributed by atoms with Crippen molar-refractivity contribution < 1.29 is 17.9 Å². The molecule has 2 nitrogen and oxygen atoms in total. The summed E-state index contributed by atoms with van der Waals surface area (Å²) in [7, 11) is 0. The fourth-order valence-corrected chi connectivity index (χ4v) is 1.33. The highest BCUT2D eigenvalue weighted by Crippen LogP contribution is 2.33. The first kappa shape index (κ1) is 13.8. The van der Waals surface area contributed by atoms with Crippen LogP contribution >= 0.6 is 0 Å². The van der Waals surface area contributed by atoms with Crippen LogP contribution in [0.3, 0.4) is 0 Å². The summed E-state index contributed by atoms with van der Waals surface area (Å²) in [6.07, 6.45) is -3.70. The molecule has 0 amide bonds. The Bertz CT molecular complexity index is 377. The van der Waals surface area contributed by atoms with Gasteiger partial charge in [0.25, 0.3) is 0 Å². The van der Waals surface area contributed by atoms with E-state index in [0.29, 0.717) is 0 Å². The van der Waals surface area contributed by atoms with Crippen molar-refractivity contribution in [3.63, 3.8) is 0 Å². The predicted molar refractivity (Wildman–Crippen MR) is 60.4 cm³/mol. The van der Waals surface area contributed by atoms with Gasteiger partial charge in [0.15, 0.2) is 0 Å². The lowest BCUT2D eigenvalue weighted by Gasteiger charge is -2.16. The molecule has 1 rings (SSSR count). The van der Waals surface area contributed by atoms with Crippen LogP contribution in [0.1, 0.15) is 31.4 Å². The highest BCUT2D eigenvalue weighted by Gasteiger charge is 2.33. The molecule has 0 saturated carbocycles. The number of benzene rings is 1. The third-order valence-corrected chi connectivity index (χ3v) is 2.54. The quantitative estimate of drug-likeness (QED) is 0.825. The van der Waals surface area contributed by atoms with Crippen molar-refractivity contribution in [2.24, 2.45) is 0 Å². The van der Waals surface area contributed by atoms with Crippen LogP contribution < -0.4 is 5.73 Å². The standard InChI is InChI=1S/C12H16F3NO/c1-3-8(2)17-7-9-4-5-10(16)6-11(9)12(13,14)15/h4-6,8H,3,7,16H2,1-2H3. The maximum Gasteiger partial charge on any atom is 0.416 e. The minimum absolute atomic E-state index is 0.0515. The van der Waals surface area contributed by atoms with E-state index in [9.17, 15) is 13.2 Å². The van der Waals surface area contributed by atoms with Crippen molar-refractivity contribution in [2.45, 2.75) is 39.2 Å². The second-order valence-electron chi connectivity index (χ2n) is 3.94. The zero-order valence-electron chi connectivity index (χ0n) is 9.84. The third-order valence-electron chi connectivity index (χ3n) is 2.54. The van der Waals surface area contributed by atoms with Gasteiger partial charge in [0.05, 0.1) is 18.3 Å². The van der Waals surface area contributed by atoms with E-state index >= 15 is 0 Å². The van der Waals surface area contributed by atoms with E-state index in [1.165, 1.54) is 12.1 Å². The summed E-state index contributed by atoms with van der Waals surface area (Å²) in [4.78, 5) is 0. The van der Waals surface area contributed by atoms with Gasteiger partial charge >= 0.3 is 6.18 Å². The maximum atomic E-state index is 12.7. The number of hydrogen-bond acceptors (Lipinski definition) is 2. The summed E-state index contributed by atoms with van der Waals surface area (Å²) in [6.45, 7) is 3.69. The zero-order chi connectivity index (χ0) is 13.1. The van der Waals surface area contributed by atoms with Crippen LogP contribution in [-0.2, 0) is 17.5 Å². The molecule has 0 fully saturated rings. The molecule has 0 bridgehead atoms. The Morgan fingerprint density at radius 1 is 1.35 bits per heavy atom. The topological polar surface area (TPSA) is 35.2 Å². The summed E-state index contributed by atoms with van der Waals surface area (Å²) < 4.78 is 43.5. The smallest absolute Gasteiger partial charge is 0.399 e. The Morgan fingerprint density at radius 2 is 2.00 bits per heavy atom. The molecule has 0 heterocycles. The van der Waals surface area contributed by atoms with Crippen LogP contribution in [0.4, 0.5) is 18.9 Å². The van der Waals surface area contributed by atoms with Crippen molar-refractivity contribution in [2.75, 3.05) is 5.73 Å². The van der Waals surface area contributed by atoms with Crippen molar-refractivity contribution in [1.29, 1.82) is 0 Å². The van der Waals surface area contributed by atoms with Crippen LogP contribution in [0.15, 0.2) is 18.2 Å². The van der Waals surface area contributed by atoms with E-state index in [1.54, 1.807) is 0 Å². The highest BCUT2D eigenvalue weighted by molar-refractivity contribution is 5.45. The lowest BCUT2D eigenvalue weighted by atomic mass is 10.1. The van der Waals surface area contributed by atoms with E-state index < -0.39 is 11.7 Å². The molecule has 5 heteroatoms. The van der Waals surface area contributed by atoms with Crippen molar-refractivity contribution in [3.05, 3.63) is 29.3 Å². The molecule has 17 heavy (non-hydrogen) atoms. The summed E-state index contributed by atoms with van der Waals surface area (Å²) in [5, 5.41) is 0. The zero-order valence-corrected chi connectivity index (χ0v) is 9.84. The first-order valence-corrected chi connectivity index (χ1v) is 5.41. The summed E-state index contributed by atoms with van der Waals surface area (Å²) in [5.41, 5.74) is 4.86. The average molecular weight is 247 g/mol. The Labute approximate surface area is 98.6 Å². The molecule has 1 atom stereocenters. The molecule has 0 aliphatic heterocycles. The van der Waals surface area contributed by atoms with Gasteiger partial charge in [0.1, 0.15) is 0 Å². The lowest BCUT2D eigenvalue weighted by molar-refractivity contribution is -0.139. The Kier molecular flexibility index (Phi) is 4.40. The van der Waals surface area contributed by atoms with E-state index in [-0.39, 0.29) is 24.0 Å². The van der Waals surface area contributed by atoms with Crippen LogP contribution in [0.5, 0.6) is 0 Å². The average Bonchev–Trinajstić information content (AvgIpc) is 2.25. The molecular formula is C12H16F3NO. The van der Waals surface area contributed by atoms with Gasteiger partial charge in [0.2, 0.25) is 0 Å². The van der Waals surface area contributed by atoms with Gasteiger partial charge in [-0.25, -0.2) is 0 Å². The first-order chi connectivity index (χ1) is 7.84. The Morgan fingerprint density at radius 3 is 2.53 bits per heavy atom. The van der Waals surface area contributed by atoms with Gasteiger partial charge < -0.3 is 10.5 Å². The Balaban J connectivity index is 2.91. The second-order valence-corrected chi connectivity index (χ2v) is 3.94. The van der Waals surface area contributed by atoms with Gasteiger partial charge in [-0.3, -0.25) is 0 Å². The van der Waals surface area contributed by atoms with Crippen LogP contribution in [-0.4, -0.2) is 6.10 Å². The summed E-state index contributed by atoms with van der Waals surface area (Å²) >= 11 is 0. The van der Waals surface area contributed by atoms with Crippen LogP contribution in [0.25, 0.3) is 0 Å². The van der Waals surface area contributed by atoms with Crippen molar-refractivity contribution in [1.82, 2.24) is 0 Å². The van der Waals surface area contributed by atoms with E-state index in [2.05, 4.69) is 0 Å². The first-order valence-electron chi connectivity index (χ1n) is 5.41. The maximum absolute atomic E-state index is 12.7. The number of hydrogen-bond donors (Lipinski definition) is 1. The Hall–Kier alpha value is -1.23. The van der Waals surface area contributed by atoms with E-state index in [1.807, 2.05) is 13.8 Å². The normalized spacial score (nSPS) is 13.7. The molecule has 0 spiro atoms. The third kappa shape index (κ3) is 3.93. The van der Waals surface area contributed by atoms with E-state index in [0.717, 1.165) is 12.5 Å². The lowest BCUT2D eigenvalue weighted by Crippen LogP contribution is -2.13. The second kappa shape index (κ2) is 5.40. The fourth-order valence-electron chi connectivity index (χ4n) is 1.33. The molecule has 1 aromatic rings. The van der Waals surface area contributed by atoms with Gasteiger partial charge in [-0.1, -0.05) is 13.0 Å². The van der Waals surface area contributed by atoms with Crippen molar-refractivity contribution in [3.8, 4) is 0 Å².